The summed E-state index contributed by atoms with van der Waals surface area (Å²) >= 11 is 0. The van der Waals surface area contributed by atoms with E-state index >= 15 is 0 Å². The van der Waals surface area contributed by atoms with Gasteiger partial charge >= 0.3 is 0 Å². The van der Waals surface area contributed by atoms with Gasteiger partial charge in [-0.1, -0.05) is 6.92 Å². The molecule has 1 aliphatic carbocycles. The molecule has 5 heteroatoms. The molecule has 0 unspecified atom stereocenters. The third-order valence-electron chi connectivity index (χ3n) is 3.25. The van der Waals surface area contributed by atoms with E-state index in [9.17, 15) is 4.79 Å². The third-order valence-corrected chi connectivity index (χ3v) is 3.25. The van der Waals surface area contributed by atoms with Crippen LogP contribution in [-0.4, -0.2) is 33.4 Å². The van der Waals surface area contributed by atoms with Crippen molar-refractivity contribution in [2.45, 2.75) is 32.3 Å². The Bertz CT molecular complexity index is 408. The third kappa shape index (κ3) is 2.66. The fourth-order valence-corrected chi connectivity index (χ4v) is 2.18. The Morgan fingerprint density at radius 2 is 2.35 bits per heavy atom. The smallest absolute Gasteiger partial charge is 0.254 e. The summed E-state index contributed by atoms with van der Waals surface area (Å²) < 4.78 is 1.67. The predicted molar refractivity (Wildman–Crippen MR) is 63.7 cm³/mol. The van der Waals surface area contributed by atoms with Gasteiger partial charge in [0.2, 0.25) is 0 Å². The van der Waals surface area contributed by atoms with E-state index in [0.717, 1.165) is 25.0 Å². The Morgan fingerprint density at radius 3 is 2.94 bits per heavy atom. The monoisotopic (exact) mass is 237 g/mol. The van der Waals surface area contributed by atoms with E-state index in [4.69, 9.17) is 5.11 Å². The zero-order valence-corrected chi connectivity index (χ0v) is 10.3. The number of aromatic nitrogens is 2. The molecule has 0 atom stereocenters. The fourth-order valence-electron chi connectivity index (χ4n) is 2.18. The lowest BCUT2D eigenvalue weighted by Gasteiger charge is -2.31. The highest BCUT2D eigenvalue weighted by Crippen LogP contribution is 2.26. The summed E-state index contributed by atoms with van der Waals surface area (Å²) in [6, 6.07) is 0. The van der Waals surface area contributed by atoms with E-state index in [2.05, 4.69) is 10.4 Å². The molecule has 1 saturated carbocycles. The first kappa shape index (κ1) is 12.1. The second-order valence-electron chi connectivity index (χ2n) is 4.72. The van der Waals surface area contributed by atoms with Gasteiger partial charge in [0.15, 0.2) is 0 Å². The van der Waals surface area contributed by atoms with Crippen molar-refractivity contribution in [3.8, 4) is 0 Å². The minimum absolute atomic E-state index is 0.0589. The number of nitrogens with zero attached hydrogens (tertiary/aromatic N) is 2. The molecule has 17 heavy (non-hydrogen) atoms. The molecule has 1 amide bonds. The van der Waals surface area contributed by atoms with Crippen molar-refractivity contribution < 1.29 is 9.90 Å². The van der Waals surface area contributed by atoms with E-state index in [-0.39, 0.29) is 12.0 Å². The van der Waals surface area contributed by atoms with Crippen molar-refractivity contribution in [3.05, 3.63) is 17.5 Å². The Kier molecular flexibility index (Phi) is 3.47. The number of carbonyl (C=O) groups excluding carboxylic acids is 1. The summed E-state index contributed by atoms with van der Waals surface area (Å²) in [5.41, 5.74) is 1.49. The number of nitrogens with one attached hydrogen (secondary N) is 1. The molecule has 0 bridgehead atoms. The quantitative estimate of drug-likeness (QED) is 0.800. The number of carbonyl (C=O) groups is 1. The fraction of sp³-hybridized carbons (Fsp3) is 0.667. The second kappa shape index (κ2) is 4.87. The zero-order chi connectivity index (χ0) is 12.4. The standard InChI is InChI=1S/C12H19N3O2/c1-3-11-10(7-15(2)14-11)12(17)13-6-8-4-9(16)5-8/h7-9,16H,3-6H2,1-2H3,(H,13,17). The lowest BCUT2D eigenvalue weighted by molar-refractivity contribution is 0.0420. The minimum atomic E-state index is -0.165. The van der Waals surface area contributed by atoms with Gasteiger partial charge in [-0.05, 0) is 25.2 Å². The molecule has 5 nitrogen and oxygen atoms in total. The normalized spacial score (nSPS) is 23.2. The van der Waals surface area contributed by atoms with Crippen LogP contribution >= 0.6 is 0 Å². The van der Waals surface area contributed by atoms with Crippen LogP contribution < -0.4 is 5.32 Å². The van der Waals surface area contributed by atoms with Crippen molar-refractivity contribution in [1.29, 1.82) is 0 Å². The topological polar surface area (TPSA) is 67.2 Å². The van der Waals surface area contributed by atoms with Crippen LogP contribution in [0.15, 0.2) is 6.20 Å². The van der Waals surface area contributed by atoms with Crippen molar-refractivity contribution >= 4 is 5.91 Å². The molecule has 0 aromatic carbocycles. The SMILES string of the molecule is CCc1nn(C)cc1C(=O)NCC1CC(O)C1. The lowest BCUT2D eigenvalue weighted by Crippen LogP contribution is -2.38. The van der Waals surface area contributed by atoms with Gasteiger partial charge < -0.3 is 10.4 Å². The number of hydrogen-bond donors (Lipinski definition) is 2. The van der Waals surface area contributed by atoms with Crippen LogP contribution in [-0.2, 0) is 13.5 Å². The maximum Gasteiger partial charge on any atom is 0.254 e. The number of aryl methyl sites for hydroxylation is 2. The van der Waals surface area contributed by atoms with Crippen LogP contribution in [0.2, 0.25) is 0 Å². The van der Waals surface area contributed by atoms with Gasteiger partial charge in [-0.2, -0.15) is 5.10 Å². The lowest BCUT2D eigenvalue weighted by atomic mass is 9.82. The van der Waals surface area contributed by atoms with Crippen LogP contribution in [0.3, 0.4) is 0 Å². The molecule has 1 heterocycles. The van der Waals surface area contributed by atoms with Crippen molar-refractivity contribution in [3.63, 3.8) is 0 Å². The highest BCUT2D eigenvalue weighted by atomic mass is 16.3. The molecule has 0 aliphatic heterocycles. The Balaban J connectivity index is 1.90. The summed E-state index contributed by atoms with van der Waals surface area (Å²) in [4.78, 5) is 11.9. The summed E-state index contributed by atoms with van der Waals surface area (Å²) in [6.45, 7) is 2.63. The molecule has 1 aromatic heterocycles. The van der Waals surface area contributed by atoms with Crippen LogP contribution in [0.25, 0.3) is 0 Å². The van der Waals surface area contributed by atoms with Crippen LogP contribution in [0.4, 0.5) is 0 Å². The van der Waals surface area contributed by atoms with Gasteiger partial charge in [0.05, 0.1) is 17.4 Å². The highest BCUT2D eigenvalue weighted by Gasteiger charge is 2.27. The molecule has 94 valence electrons. The molecule has 0 spiro atoms. The van der Waals surface area contributed by atoms with Crippen LogP contribution in [0, 0.1) is 5.92 Å². The van der Waals surface area contributed by atoms with E-state index in [1.165, 1.54) is 0 Å². The molecule has 2 N–H and O–H groups in total. The van der Waals surface area contributed by atoms with E-state index in [1.807, 2.05) is 14.0 Å². The number of rotatable bonds is 4. The molecule has 2 rings (SSSR count). The first-order chi connectivity index (χ1) is 8.10. The van der Waals surface area contributed by atoms with Crippen molar-refractivity contribution in [1.82, 2.24) is 15.1 Å². The van der Waals surface area contributed by atoms with Crippen LogP contribution in [0.1, 0.15) is 35.8 Å². The molecule has 0 saturated heterocycles. The summed E-state index contributed by atoms with van der Waals surface area (Å²) in [5.74, 6) is 0.368. The first-order valence-electron chi connectivity index (χ1n) is 6.09. The first-order valence-corrected chi connectivity index (χ1v) is 6.09. The van der Waals surface area contributed by atoms with Gasteiger partial charge in [-0.3, -0.25) is 9.48 Å². The van der Waals surface area contributed by atoms with Gasteiger partial charge in [0, 0.05) is 19.8 Å². The zero-order valence-electron chi connectivity index (χ0n) is 10.3. The Hall–Kier alpha value is -1.36. The molecule has 1 fully saturated rings. The molecular formula is C12H19N3O2. The average molecular weight is 237 g/mol. The largest absolute Gasteiger partial charge is 0.393 e. The second-order valence-corrected chi connectivity index (χ2v) is 4.72. The Labute approximate surface area is 101 Å². The van der Waals surface area contributed by atoms with E-state index in [1.54, 1.807) is 10.9 Å². The number of aliphatic hydroxyl groups is 1. The maximum atomic E-state index is 11.9. The molecular weight excluding hydrogens is 218 g/mol. The maximum absolute atomic E-state index is 11.9. The van der Waals surface area contributed by atoms with Gasteiger partial charge in [0.1, 0.15) is 0 Å². The molecule has 1 aliphatic rings. The predicted octanol–water partition coefficient (Wildman–Crippen LogP) is 0.483. The minimum Gasteiger partial charge on any atom is -0.393 e. The van der Waals surface area contributed by atoms with E-state index in [0.29, 0.717) is 18.0 Å². The highest BCUT2D eigenvalue weighted by molar-refractivity contribution is 5.95. The summed E-state index contributed by atoms with van der Waals surface area (Å²) in [7, 11) is 1.82. The number of amides is 1. The van der Waals surface area contributed by atoms with Crippen molar-refractivity contribution in [2.75, 3.05) is 6.54 Å². The summed E-state index contributed by atoms with van der Waals surface area (Å²) in [6.07, 6.45) is 3.94. The van der Waals surface area contributed by atoms with Crippen LogP contribution in [0.5, 0.6) is 0 Å². The van der Waals surface area contributed by atoms with Crippen molar-refractivity contribution in [2.24, 2.45) is 13.0 Å². The molecule has 1 aromatic rings. The van der Waals surface area contributed by atoms with Gasteiger partial charge in [0.25, 0.3) is 5.91 Å². The molecule has 0 radical (unpaired) electrons. The average Bonchev–Trinajstić information content (AvgIpc) is 2.64. The van der Waals surface area contributed by atoms with Gasteiger partial charge in [-0.25, -0.2) is 0 Å². The number of hydrogen-bond acceptors (Lipinski definition) is 3. The van der Waals surface area contributed by atoms with Gasteiger partial charge in [-0.15, -0.1) is 0 Å². The Morgan fingerprint density at radius 1 is 1.65 bits per heavy atom. The number of aliphatic hydroxyl groups excluding tert-OH is 1. The summed E-state index contributed by atoms with van der Waals surface area (Å²) in [5, 5.41) is 16.3. The van der Waals surface area contributed by atoms with E-state index < -0.39 is 0 Å².